The number of esters is 1. The number of nitrogens with zero attached hydrogens (tertiary/aromatic N) is 3. The quantitative estimate of drug-likeness (QED) is 0.164. The number of aromatic nitrogens is 3. The van der Waals surface area contributed by atoms with E-state index in [2.05, 4.69) is 24.2 Å². The molecule has 0 saturated carbocycles. The Hall–Kier alpha value is -1.50. The number of hydrogen-bond acceptors (Lipinski definition) is 5. The van der Waals surface area contributed by atoms with E-state index in [1.54, 1.807) is 13.1 Å². The Balaban J connectivity index is 2.35. The fraction of sp³-hybridized carbons (Fsp3) is 0.885. The second-order valence-electron chi connectivity index (χ2n) is 9.17. The lowest BCUT2D eigenvalue weighted by Crippen LogP contribution is -2.39. The van der Waals surface area contributed by atoms with Gasteiger partial charge in [-0.2, -0.15) is 0 Å². The first kappa shape index (κ1) is 29.5. The lowest BCUT2D eigenvalue weighted by Gasteiger charge is -2.24. The van der Waals surface area contributed by atoms with E-state index in [1.807, 2.05) is 0 Å². The van der Waals surface area contributed by atoms with E-state index in [-0.39, 0.29) is 13.0 Å². The summed E-state index contributed by atoms with van der Waals surface area (Å²) in [5, 5.41) is 18.7. The molecule has 0 aliphatic heterocycles. The van der Waals surface area contributed by atoms with Crippen LogP contribution in [-0.4, -0.2) is 45.0 Å². The molecule has 1 N–H and O–H groups in total. The number of aliphatic hydroxyl groups excluding tert-OH is 1. The number of rotatable bonds is 21. The summed E-state index contributed by atoms with van der Waals surface area (Å²) in [5.74, 6) is -0.672. The van der Waals surface area contributed by atoms with Crippen molar-refractivity contribution in [2.24, 2.45) is 0 Å². The van der Waals surface area contributed by atoms with Gasteiger partial charge in [0, 0.05) is 6.20 Å². The molecule has 0 amide bonds. The van der Waals surface area contributed by atoms with Gasteiger partial charge < -0.3 is 9.84 Å². The van der Waals surface area contributed by atoms with Crippen molar-refractivity contribution in [3.63, 3.8) is 0 Å². The van der Waals surface area contributed by atoms with Crippen molar-refractivity contribution in [3.8, 4) is 0 Å². The summed E-state index contributed by atoms with van der Waals surface area (Å²) in [4.78, 5) is 12.5. The third-order valence-corrected chi connectivity index (χ3v) is 6.18. The fourth-order valence-electron chi connectivity index (χ4n) is 4.10. The zero-order chi connectivity index (χ0) is 24.3. The first-order chi connectivity index (χ1) is 16.0. The van der Waals surface area contributed by atoms with Crippen LogP contribution < -0.4 is 0 Å². The van der Waals surface area contributed by atoms with Crippen molar-refractivity contribution in [2.45, 2.75) is 142 Å². The van der Waals surface area contributed by atoms with E-state index in [9.17, 15) is 14.3 Å². The van der Waals surface area contributed by atoms with Gasteiger partial charge in [-0.25, -0.2) is 13.9 Å². The van der Waals surface area contributed by atoms with E-state index >= 15 is 0 Å². The summed E-state index contributed by atoms with van der Waals surface area (Å²) in [5.41, 5.74) is 0.731. The molecule has 0 aromatic carbocycles. The summed E-state index contributed by atoms with van der Waals surface area (Å²) < 4.78 is 21.2. The standard InChI is InChI=1S/C26H48FN3O3/c1-4-7-9-10-11-12-13-14-15-16-17-18-20-23(27)25(31)24(26(32)33-6-3)30-21-22(28-29-30)19-8-5-2/h21,23-25,31H,4-20H2,1-3H3/t23-,24+,25+/m1/s1. The van der Waals surface area contributed by atoms with Crippen molar-refractivity contribution in [1.29, 1.82) is 0 Å². The van der Waals surface area contributed by atoms with Crippen LogP contribution in [0.25, 0.3) is 0 Å². The first-order valence-electron chi connectivity index (χ1n) is 13.4. The molecule has 0 fully saturated rings. The number of alkyl halides is 1. The van der Waals surface area contributed by atoms with Gasteiger partial charge in [0.25, 0.3) is 0 Å². The molecular formula is C26H48FN3O3. The minimum absolute atomic E-state index is 0.162. The van der Waals surface area contributed by atoms with Gasteiger partial charge in [0.2, 0.25) is 0 Å². The molecule has 1 aromatic rings. The van der Waals surface area contributed by atoms with Crippen LogP contribution in [0.5, 0.6) is 0 Å². The fourth-order valence-corrected chi connectivity index (χ4v) is 4.10. The number of aryl methyl sites for hydroxylation is 1. The minimum atomic E-state index is -1.51. The van der Waals surface area contributed by atoms with Crippen LogP contribution in [0, 0.1) is 0 Å². The maximum absolute atomic E-state index is 14.8. The second kappa shape index (κ2) is 18.9. The Bertz CT molecular complexity index is 611. The zero-order valence-corrected chi connectivity index (χ0v) is 21.3. The molecule has 0 aliphatic carbocycles. The number of halogens is 1. The van der Waals surface area contributed by atoms with Gasteiger partial charge in [-0.1, -0.05) is 103 Å². The second-order valence-corrected chi connectivity index (χ2v) is 9.17. The van der Waals surface area contributed by atoms with Crippen molar-refractivity contribution < 1.29 is 19.0 Å². The highest BCUT2D eigenvalue weighted by Gasteiger charge is 2.36. The third kappa shape index (κ3) is 12.5. The van der Waals surface area contributed by atoms with Crippen molar-refractivity contribution in [1.82, 2.24) is 15.0 Å². The van der Waals surface area contributed by atoms with E-state index in [0.717, 1.165) is 37.8 Å². The van der Waals surface area contributed by atoms with Crippen molar-refractivity contribution in [3.05, 3.63) is 11.9 Å². The molecule has 0 bridgehead atoms. The summed E-state index contributed by atoms with van der Waals surface area (Å²) >= 11 is 0. The van der Waals surface area contributed by atoms with E-state index in [4.69, 9.17) is 4.74 Å². The van der Waals surface area contributed by atoms with Gasteiger partial charge in [-0.15, -0.1) is 5.10 Å². The normalized spacial score (nSPS) is 14.2. The molecule has 0 unspecified atom stereocenters. The molecule has 1 heterocycles. The molecule has 0 spiro atoms. The maximum atomic E-state index is 14.8. The van der Waals surface area contributed by atoms with Crippen LogP contribution in [-0.2, 0) is 16.0 Å². The molecule has 0 radical (unpaired) electrons. The number of hydrogen-bond donors (Lipinski definition) is 1. The Labute approximate surface area is 200 Å². The highest BCUT2D eigenvalue weighted by atomic mass is 19.1. The minimum Gasteiger partial charge on any atom is -0.464 e. The van der Waals surface area contributed by atoms with Crippen LogP contribution in [0.3, 0.4) is 0 Å². The monoisotopic (exact) mass is 469 g/mol. The summed E-state index contributed by atoms with van der Waals surface area (Å²) in [6.07, 6.45) is 16.0. The largest absolute Gasteiger partial charge is 0.464 e. The lowest BCUT2D eigenvalue weighted by molar-refractivity contribution is -0.153. The van der Waals surface area contributed by atoms with E-state index in [1.165, 1.54) is 62.5 Å². The lowest BCUT2D eigenvalue weighted by atomic mass is 10.00. The van der Waals surface area contributed by atoms with Gasteiger partial charge in [-0.3, -0.25) is 0 Å². The number of carbonyl (C=O) groups excluding carboxylic acids is 1. The van der Waals surface area contributed by atoms with Crippen LogP contribution in [0.4, 0.5) is 4.39 Å². The van der Waals surface area contributed by atoms with Crippen molar-refractivity contribution >= 4 is 5.97 Å². The molecule has 33 heavy (non-hydrogen) atoms. The van der Waals surface area contributed by atoms with Gasteiger partial charge in [0.05, 0.1) is 12.3 Å². The van der Waals surface area contributed by atoms with Gasteiger partial charge >= 0.3 is 5.97 Å². The molecule has 6 nitrogen and oxygen atoms in total. The summed E-state index contributed by atoms with van der Waals surface area (Å²) in [6.45, 7) is 6.17. The molecule has 192 valence electrons. The van der Waals surface area contributed by atoms with Crippen LogP contribution in [0.2, 0.25) is 0 Å². The molecule has 3 atom stereocenters. The highest BCUT2D eigenvalue weighted by Crippen LogP contribution is 2.23. The van der Waals surface area contributed by atoms with E-state index in [0.29, 0.717) is 6.42 Å². The number of unbranched alkanes of at least 4 members (excludes halogenated alkanes) is 12. The Kier molecular flexibility index (Phi) is 16.9. The van der Waals surface area contributed by atoms with Crippen molar-refractivity contribution in [2.75, 3.05) is 6.61 Å². The Morgan fingerprint density at radius 2 is 1.48 bits per heavy atom. The highest BCUT2D eigenvalue weighted by molar-refractivity contribution is 5.74. The molecule has 0 saturated heterocycles. The van der Waals surface area contributed by atoms with Gasteiger partial charge in [0.1, 0.15) is 12.3 Å². The number of carbonyl (C=O) groups is 1. The molecule has 7 heteroatoms. The average Bonchev–Trinajstić information content (AvgIpc) is 3.26. The van der Waals surface area contributed by atoms with Gasteiger partial charge in [0.15, 0.2) is 6.04 Å². The maximum Gasteiger partial charge on any atom is 0.333 e. The van der Waals surface area contributed by atoms with Crippen LogP contribution in [0.1, 0.15) is 129 Å². The average molecular weight is 470 g/mol. The molecule has 0 aliphatic rings. The Morgan fingerprint density at radius 1 is 0.939 bits per heavy atom. The zero-order valence-electron chi connectivity index (χ0n) is 21.3. The Morgan fingerprint density at radius 3 is 2.03 bits per heavy atom. The first-order valence-corrected chi connectivity index (χ1v) is 13.4. The SMILES string of the molecule is CCCCCCCCCCCCCC[C@@H](F)[C@H](O)[C@@H](C(=O)OCC)n1cc(CCCC)nn1. The molecular weight excluding hydrogens is 421 g/mol. The molecule has 1 aromatic heterocycles. The molecule has 1 rings (SSSR count). The van der Waals surface area contributed by atoms with Crippen LogP contribution in [0.15, 0.2) is 6.20 Å². The summed E-state index contributed by atoms with van der Waals surface area (Å²) in [7, 11) is 0. The summed E-state index contributed by atoms with van der Waals surface area (Å²) in [6, 6.07) is -1.21. The number of ether oxygens (including phenoxy) is 1. The smallest absolute Gasteiger partial charge is 0.333 e. The third-order valence-electron chi connectivity index (χ3n) is 6.18. The predicted octanol–water partition coefficient (Wildman–Crippen LogP) is 6.52. The van der Waals surface area contributed by atoms with Gasteiger partial charge in [-0.05, 0) is 26.2 Å². The topological polar surface area (TPSA) is 77.2 Å². The van der Waals surface area contributed by atoms with Crippen LogP contribution >= 0.6 is 0 Å². The van der Waals surface area contributed by atoms with E-state index < -0.39 is 24.3 Å². The predicted molar refractivity (Wildman–Crippen MR) is 131 cm³/mol. The number of aliphatic hydroxyl groups is 1.